The maximum Gasteiger partial charge on any atom is 0.350 e. The lowest BCUT2D eigenvalue weighted by atomic mass is 9.69. The highest BCUT2D eigenvalue weighted by Crippen LogP contribution is 2.43. The summed E-state index contributed by atoms with van der Waals surface area (Å²) >= 11 is 0. The number of hydrogen-bond donors (Lipinski definition) is 0. The number of ether oxygens (including phenoxy) is 2. The molecule has 0 radical (unpaired) electrons. The second-order valence-electron chi connectivity index (χ2n) is 4.89. The summed E-state index contributed by atoms with van der Waals surface area (Å²) in [5, 5.41) is 0. The van der Waals surface area contributed by atoms with E-state index in [-0.39, 0.29) is 19.2 Å². The molecule has 0 bridgehead atoms. The number of esters is 1. The van der Waals surface area contributed by atoms with Crippen molar-refractivity contribution in [1.29, 1.82) is 0 Å². The SMILES string of the molecule is CCC1(C(=O)OC)COCC(C)(C(=O)OOC)C1. The molecular weight excluding hydrogens is 240 g/mol. The van der Waals surface area contributed by atoms with Crippen LogP contribution in [-0.4, -0.2) is 39.4 Å². The predicted octanol–water partition coefficient (Wildman–Crippen LogP) is 1.09. The summed E-state index contributed by atoms with van der Waals surface area (Å²) in [6.45, 7) is 4.02. The Hall–Kier alpha value is -1.14. The van der Waals surface area contributed by atoms with E-state index in [0.717, 1.165) is 0 Å². The van der Waals surface area contributed by atoms with Crippen molar-refractivity contribution in [2.75, 3.05) is 27.4 Å². The van der Waals surface area contributed by atoms with Crippen LogP contribution in [0, 0.1) is 10.8 Å². The first kappa shape index (κ1) is 14.9. The fraction of sp³-hybridized carbons (Fsp3) is 0.833. The molecule has 1 aliphatic heterocycles. The van der Waals surface area contributed by atoms with Gasteiger partial charge in [-0.05, 0) is 19.8 Å². The van der Waals surface area contributed by atoms with Crippen LogP contribution in [0.25, 0.3) is 0 Å². The maximum absolute atomic E-state index is 11.9. The second kappa shape index (κ2) is 5.67. The van der Waals surface area contributed by atoms with Crippen LogP contribution in [0.5, 0.6) is 0 Å². The molecule has 18 heavy (non-hydrogen) atoms. The number of carbonyl (C=O) groups excluding carboxylic acids is 2. The Bertz CT molecular complexity index is 329. The molecule has 0 N–H and O–H groups in total. The molecular formula is C12H20O6. The predicted molar refractivity (Wildman–Crippen MR) is 61.4 cm³/mol. The molecule has 0 aromatic heterocycles. The smallest absolute Gasteiger partial charge is 0.350 e. The molecule has 1 heterocycles. The van der Waals surface area contributed by atoms with Gasteiger partial charge in [0.15, 0.2) is 0 Å². The van der Waals surface area contributed by atoms with Crippen molar-refractivity contribution in [2.45, 2.75) is 26.7 Å². The van der Waals surface area contributed by atoms with Crippen LogP contribution >= 0.6 is 0 Å². The minimum absolute atomic E-state index is 0.202. The van der Waals surface area contributed by atoms with Crippen molar-refractivity contribution >= 4 is 11.9 Å². The van der Waals surface area contributed by atoms with E-state index in [2.05, 4.69) is 9.78 Å². The Kier molecular flexibility index (Phi) is 4.70. The lowest BCUT2D eigenvalue weighted by Gasteiger charge is -2.41. The van der Waals surface area contributed by atoms with E-state index in [1.165, 1.54) is 14.2 Å². The van der Waals surface area contributed by atoms with Gasteiger partial charge in [-0.15, -0.1) is 0 Å². The monoisotopic (exact) mass is 260 g/mol. The Labute approximate surface area is 106 Å². The maximum atomic E-state index is 11.9. The first-order valence-electron chi connectivity index (χ1n) is 5.85. The first-order chi connectivity index (χ1) is 8.44. The summed E-state index contributed by atoms with van der Waals surface area (Å²) in [7, 11) is 2.59. The molecule has 1 fully saturated rings. The van der Waals surface area contributed by atoms with Gasteiger partial charge in [-0.3, -0.25) is 9.68 Å². The molecule has 1 saturated heterocycles. The molecule has 1 rings (SSSR count). The third-order valence-electron chi connectivity index (χ3n) is 3.47. The molecule has 6 heteroatoms. The van der Waals surface area contributed by atoms with Crippen LogP contribution in [0.2, 0.25) is 0 Å². The minimum atomic E-state index is -0.904. The molecule has 0 aromatic carbocycles. The quantitative estimate of drug-likeness (QED) is 0.428. The molecule has 0 spiro atoms. The summed E-state index contributed by atoms with van der Waals surface area (Å²) < 4.78 is 10.2. The summed E-state index contributed by atoms with van der Waals surface area (Å²) in [5.41, 5.74) is -1.70. The van der Waals surface area contributed by atoms with Crippen molar-refractivity contribution in [2.24, 2.45) is 10.8 Å². The zero-order valence-electron chi connectivity index (χ0n) is 11.3. The molecule has 2 unspecified atom stereocenters. The van der Waals surface area contributed by atoms with Gasteiger partial charge in [0, 0.05) is 0 Å². The lowest BCUT2D eigenvalue weighted by molar-refractivity contribution is -0.270. The highest BCUT2D eigenvalue weighted by Gasteiger charge is 2.52. The van der Waals surface area contributed by atoms with Crippen molar-refractivity contribution in [3.8, 4) is 0 Å². The van der Waals surface area contributed by atoms with Crippen LogP contribution in [0.3, 0.4) is 0 Å². The second-order valence-corrected chi connectivity index (χ2v) is 4.89. The third kappa shape index (κ3) is 2.64. The summed E-state index contributed by atoms with van der Waals surface area (Å²) in [4.78, 5) is 32.7. The van der Waals surface area contributed by atoms with Crippen LogP contribution in [0.4, 0.5) is 0 Å². The Morgan fingerprint density at radius 2 is 1.89 bits per heavy atom. The highest BCUT2D eigenvalue weighted by molar-refractivity contribution is 5.81. The zero-order valence-corrected chi connectivity index (χ0v) is 11.3. The largest absolute Gasteiger partial charge is 0.469 e. The van der Waals surface area contributed by atoms with Gasteiger partial charge in [-0.1, -0.05) is 6.92 Å². The topological polar surface area (TPSA) is 71.1 Å². The number of rotatable bonds is 4. The molecule has 0 aliphatic carbocycles. The molecule has 0 saturated carbocycles. The van der Waals surface area contributed by atoms with Crippen LogP contribution < -0.4 is 0 Å². The van der Waals surface area contributed by atoms with Gasteiger partial charge in [-0.25, -0.2) is 4.79 Å². The van der Waals surface area contributed by atoms with E-state index in [9.17, 15) is 9.59 Å². The first-order valence-corrected chi connectivity index (χ1v) is 5.85. The van der Waals surface area contributed by atoms with Gasteiger partial charge >= 0.3 is 11.9 Å². The summed E-state index contributed by atoms with van der Waals surface area (Å²) in [5.74, 6) is -0.896. The average molecular weight is 260 g/mol. The van der Waals surface area contributed by atoms with Crippen LogP contribution in [0.1, 0.15) is 26.7 Å². The van der Waals surface area contributed by atoms with Crippen molar-refractivity contribution < 1.29 is 28.8 Å². The molecule has 104 valence electrons. The minimum Gasteiger partial charge on any atom is -0.469 e. The van der Waals surface area contributed by atoms with Gasteiger partial charge in [0.1, 0.15) is 0 Å². The molecule has 0 aromatic rings. The van der Waals surface area contributed by atoms with Crippen molar-refractivity contribution in [1.82, 2.24) is 0 Å². The van der Waals surface area contributed by atoms with E-state index in [1.54, 1.807) is 6.92 Å². The third-order valence-corrected chi connectivity index (χ3v) is 3.47. The van der Waals surface area contributed by atoms with Gasteiger partial charge in [-0.2, -0.15) is 4.89 Å². The molecule has 0 amide bonds. The van der Waals surface area contributed by atoms with E-state index < -0.39 is 16.8 Å². The van der Waals surface area contributed by atoms with Gasteiger partial charge < -0.3 is 9.47 Å². The average Bonchev–Trinajstić information content (AvgIpc) is 2.37. The summed E-state index contributed by atoms with van der Waals surface area (Å²) in [6, 6.07) is 0. The standard InChI is InChI=1S/C12H20O6/c1-5-12(10(14)15-3)6-11(2,7-17-8-12)9(13)18-16-4/h5-8H2,1-4H3. The Balaban J connectivity index is 2.93. The fourth-order valence-electron chi connectivity index (χ4n) is 2.35. The molecule has 1 aliphatic rings. The van der Waals surface area contributed by atoms with Crippen molar-refractivity contribution in [3.63, 3.8) is 0 Å². The summed E-state index contributed by atoms with van der Waals surface area (Å²) in [6.07, 6.45) is 0.862. The number of methoxy groups -OCH3 is 1. The van der Waals surface area contributed by atoms with Gasteiger partial charge in [0.25, 0.3) is 0 Å². The Morgan fingerprint density at radius 3 is 2.39 bits per heavy atom. The Morgan fingerprint density at radius 1 is 1.22 bits per heavy atom. The number of carbonyl (C=O) groups is 2. The van der Waals surface area contributed by atoms with Crippen LogP contribution in [0.15, 0.2) is 0 Å². The normalized spacial score (nSPS) is 31.8. The molecule has 2 atom stereocenters. The van der Waals surface area contributed by atoms with Gasteiger partial charge in [0.05, 0.1) is 38.3 Å². The molecule has 6 nitrogen and oxygen atoms in total. The van der Waals surface area contributed by atoms with Crippen molar-refractivity contribution in [3.05, 3.63) is 0 Å². The van der Waals surface area contributed by atoms with Crippen LogP contribution in [-0.2, 0) is 28.8 Å². The number of hydrogen-bond acceptors (Lipinski definition) is 6. The van der Waals surface area contributed by atoms with E-state index in [0.29, 0.717) is 12.8 Å². The zero-order chi connectivity index (χ0) is 13.8. The highest BCUT2D eigenvalue weighted by atomic mass is 17.2. The fourth-order valence-corrected chi connectivity index (χ4v) is 2.35. The van der Waals surface area contributed by atoms with E-state index >= 15 is 0 Å². The van der Waals surface area contributed by atoms with E-state index in [1.807, 2.05) is 6.92 Å². The van der Waals surface area contributed by atoms with E-state index in [4.69, 9.17) is 9.47 Å². The lowest BCUT2D eigenvalue weighted by Crippen LogP contribution is -2.50. The van der Waals surface area contributed by atoms with Gasteiger partial charge in [0.2, 0.25) is 0 Å².